The van der Waals surface area contributed by atoms with Crippen molar-refractivity contribution in [2.24, 2.45) is 0 Å². The Morgan fingerprint density at radius 2 is 1.66 bits per heavy atom. The largest absolute Gasteiger partial charge is 0.463 e. The molecular formula is C21H35N2O8P. The van der Waals surface area contributed by atoms with Crippen molar-refractivity contribution in [1.29, 1.82) is 0 Å². The molecule has 2 atom stereocenters. The van der Waals surface area contributed by atoms with Gasteiger partial charge in [0, 0.05) is 19.6 Å². The number of rotatable bonds is 16. The first-order valence-electron chi connectivity index (χ1n) is 10.3. The van der Waals surface area contributed by atoms with Gasteiger partial charge in [0.1, 0.15) is 5.66 Å². The Morgan fingerprint density at radius 3 is 2.09 bits per heavy atom. The van der Waals surface area contributed by atoms with Gasteiger partial charge in [0.15, 0.2) is 0 Å². The topological polar surface area (TPSA) is 134 Å². The maximum atomic E-state index is 12.4. The summed E-state index contributed by atoms with van der Waals surface area (Å²) < 4.78 is 22.6. The van der Waals surface area contributed by atoms with Crippen LogP contribution in [0.3, 0.4) is 0 Å². The average molecular weight is 474 g/mol. The number of likely N-dealkylation sites (N-methyl/N-ethyl adjacent to an activating group) is 2. The lowest BCUT2D eigenvalue weighted by atomic mass is 10.1. The second-order valence-corrected chi connectivity index (χ2v) is 8.64. The molecule has 2 unspecified atom stereocenters. The molecule has 11 heteroatoms. The lowest BCUT2D eigenvalue weighted by Gasteiger charge is -2.37. The van der Waals surface area contributed by atoms with Gasteiger partial charge in [-0.05, 0) is 39.3 Å². The Morgan fingerprint density at radius 1 is 1.06 bits per heavy atom. The fraction of sp³-hybridized carbons (Fsp3) is 0.571. The molecule has 32 heavy (non-hydrogen) atoms. The van der Waals surface area contributed by atoms with Crippen LogP contribution in [0.1, 0.15) is 27.2 Å². The third-order valence-electron chi connectivity index (χ3n) is 4.77. The van der Waals surface area contributed by atoms with Gasteiger partial charge in [-0.15, -0.1) is 0 Å². The molecule has 0 heterocycles. The summed E-state index contributed by atoms with van der Waals surface area (Å²) in [5.41, 5.74) is -1.41. The van der Waals surface area contributed by atoms with Crippen LogP contribution in [0.25, 0.3) is 0 Å². The maximum absolute atomic E-state index is 12.4. The van der Waals surface area contributed by atoms with Crippen molar-refractivity contribution in [2.75, 3.05) is 39.5 Å². The van der Waals surface area contributed by atoms with Gasteiger partial charge < -0.3 is 29.1 Å². The lowest BCUT2D eigenvalue weighted by molar-refractivity contribution is -0.139. The first kappa shape index (κ1) is 29.7. The van der Waals surface area contributed by atoms with E-state index in [1.54, 1.807) is 20.8 Å². The average Bonchev–Trinajstić information content (AvgIpc) is 2.75. The van der Waals surface area contributed by atoms with Gasteiger partial charge in [-0.3, -0.25) is 14.2 Å². The smallest absolute Gasteiger partial charge is 0.335 e. The van der Waals surface area contributed by atoms with Gasteiger partial charge in [-0.2, -0.15) is 0 Å². The molecule has 10 nitrogen and oxygen atoms in total. The van der Waals surface area contributed by atoms with Crippen LogP contribution in [0, 0.1) is 0 Å². The van der Waals surface area contributed by atoms with Gasteiger partial charge in [0.25, 0.3) is 0 Å². The second-order valence-electron chi connectivity index (χ2n) is 6.80. The first-order valence-corrected chi connectivity index (χ1v) is 12.0. The summed E-state index contributed by atoms with van der Waals surface area (Å²) in [5, 5.41) is 0. The van der Waals surface area contributed by atoms with E-state index in [9.17, 15) is 28.7 Å². The summed E-state index contributed by atoms with van der Waals surface area (Å²) in [4.78, 5) is 58.9. The summed E-state index contributed by atoms with van der Waals surface area (Å²) in [6.07, 6.45) is 2.29. The highest BCUT2D eigenvalue weighted by molar-refractivity contribution is 7.52. The van der Waals surface area contributed by atoms with Crippen molar-refractivity contribution >= 4 is 25.4 Å². The molecule has 0 aromatic carbocycles. The molecule has 0 saturated carbocycles. The van der Waals surface area contributed by atoms with E-state index in [0.29, 0.717) is 6.54 Å². The van der Waals surface area contributed by atoms with Crippen LogP contribution in [0.4, 0.5) is 0 Å². The molecule has 0 rings (SSSR count). The molecule has 0 aliphatic carbocycles. The minimum Gasteiger partial charge on any atom is -0.463 e. The van der Waals surface area contributed by atoms with E-state index in [4.69, 9.17) is 9.47 Å². The quantitative estimate of drug-likeness (QED) is 0.195. The molecular weight excluding hydrogens is 439 g/mol. The van der Waals surface area contributed by atoms with E-state index in [0.717, 1.165) is 12.2 Å². The molecule has 2 N–H and O–H groups in total. The van der Waals surface area contributed by atoms with Gasteiger partial charge in [0.2, 0.25) is 11.8 Å². The summed E-state index contributed by atoms with van der Waals surface area (Å²) in [6.45, 7) is 15.6. The van der Waals surface area contributed by atoms with Gasteiger partial charge in [-0.1, -0.05) is 19.7 Å². The molecule has 0 saturated heterocycles. The molecule has 0 bridgehead atoms. The van der Waals surface area contributed by atoms with Gasteiger partial charge in [-0.25, -0.2) is 4.79 Å². The molecule has 0 fully saturated rings. The molecule has 182 valence electrons. The van der Waals surface area contributed by atoms with Gasteiger partial charge in [0.05, 0.1) is 31.4 Å². The Hall–Kier alpha value is -2.26. The number of amides is 2. The monoisotopic (exact) mass is 474 g/mol. The van der Waals surface area contributed by atoms with Crippen LogP contribution in [-0.2, 0) is 28.4 Å². The highest BCUT2D eigenvalue weighted by atomic mass is 31.2. The van der Waals surface area contributed by atoms with Crippen molar-refractivity contribution in [3.8, 4) is 0 Å². The molecule has 0 radical (unpaired) electrons. The van der Waals surface area contributed by atoms with Crippen LogP contribution in [-0.4, -0.2) is 88.5 Å². The highest BCUT2D eigenvalue weighted by Gasteiger charge is 2.40. The minimum absolute atomic E-state index is 0.00360. The Kier molecular flexibility index (Phi) is 13.7. The molecule has 0 aromatic heterocycles. The fourth-order valence-electron chi connectivity index (χ4n) is 3.10. The Bertz CT molecular complexity index is 733. The van der Waals surface area contributed by atoms with Crippen molar-refractivity contribution in [3.05, 3.63) is 37.5 Å². The van der Waals surface area contributed by atoms with Crippen molar-refractivity contribution < 1.29 is 38.2 Å². The zero-order chi connectivity index (χ0) is 24.9. The predicted molar refractivity (Wildman–Crippen MR) is 121 cm³/mol. The zero-order valence-corrected chi connectivity index (χ0v) is 20.0. The summed E-state index contributed by atoms with van der Waals surface area (Å²) >= 11 is 0. The van der Waals surface area contributed by atoms with Gasteiger partial charge >= 0.3 is 13.6 Å². The van der Waals surface area contributed by atoms with E-state index in [2.05, 4.69) is 19.7 Å². The highest BCUT2D eigenvalue weighted by Crippen LogP contribution is 2.45. The summed E-state index contributed by atoms with van der Waals surface area (Å²) in [5.74, 6) is -1.51. The molecule has 0 aromatic rings. The van der Waals surface area contributed by atoms with Crippen molar-refractivity contribution in [3.63, 3.8) is 0 Å². The standard InChI is InChI=1S/C21H35N2O8P/c1-7-19(24)22(9-3)13-12-17(23(10-4)20(25)8-2)18(32(27,28)29)15-30-14-16(6)21(26)31-11-5/h7-8,17-18H,1-2,6,9-15H2,3-5H3,(H2,27,28,29). The zero-order valence-electron chi connectivity index (χ0n) is 19.1. The fourth-order valence-corrected chi connectivity index (χ4v) is 4.15. The van der Waals surface area contributed by atoms with Crippen molar-refractivity contribution in [1.82, 2.24) is 9.80 Å². The Balaban J connectivity index is 5.76. The summed E-state index contributed by atoms with van der Waals surface area (Å²) in [7, 11) is -4.77. The van der Waals surface area contributed by atoms with E-state index in [-0.39, 0.29) is 44.2 Å². The second kappa shape index (κ2) is 14.7. The first-order chi connectivity index (χ1) is 15.0. The normalized spacial score (nSPS) is 12.9. The SMILES string of the molecule is C=CC(=O)N(CC)CCC(C(COCC(=C)C(=O)OCC)P(=O)(O)O)N(CC)C(=O)C=C. The third-order valence-corrected chi connectivity index (χ3v) is 6.12. The van der Waals surface area contributed by atoms with E-state index < -0.39 is 37.8 Å². The van der Waals surface area contributed by atoms with E-state index in [1.165, 1.54) is 9.80 Å². The summed E-state index contributed by atoms with van der Waals surface area (Å²) in [6, 6.07) is -0.964. The number of carbonyl (C=O) groups excluding carboxylic acids is 3. The molecule has 0 aliphatic heterocycles. The molecule has 0 aliphatic rings. The van der Waals surface area contributed by atoms with Crippen LogP contribution < -0.4 is 0 Å². The minimum atomic E-state index is -4.77. The number of hydrogen-bond acceptors (Lipinski definition) is 6. The van der Waals surface area contributed by atoms with E-state index in [1.807, 2.05) is 0 Å². The van der Waals surface area contributed by atoms with Crippen molar-refractivity contribution in [2.45, 2.75) is 38.9 Å². The van der Waals surface area contributed by atoms with Crippen LogP contribution in [0.5, 0.6) is 0 Å². The Labute approximate surface area is 189 Å². The van der Waals surface area contributed by atoms with Crippen LogP contribution in [0.2, 0.25) is 0 Å². The van der Waals surface area contributed by atoms with Crippen LogP contribution in [0.15, 0.2) is 37.5 Å². The maximum Gasteiger partial charge on any atom is 0.335 e. The third kappa shape index (κ3) is 9.48. The van der Waals surface area contributed by atoms with Crippen LogP contribution >= 0.6 is 7.60 Å². The van der Waals surface area contributed by atoms with E-state index >= 15 is 0 Å². The lowest BCUT2D eigenvalue weighted by Crippen LogP contribution is -2.49. The predicted octanol–water partition coefficient (Wildman–Crippen LogP) is 1.50. The molecule has 2 amide bonds. The molecule has 0 spiro atoms. The number of carbonyl (C=O) groups is 3. The number of esters is 1. The number of nitrogens with zero attached hydrogens (tertiary/aromatic N) is 2. The number of hydrogen-bond donors (Lipinski definition) is 2. The number of ether oxygens (including phenoxy) is 2.